The Morgan fingerprint density at radius 1 is 1.04 bits per heavy atom. The molecule has 130 valence electrons. The molecule has 5 heteroatoms. The molecule has 0 radical (unpaired) electrons. The van der Waals surface area contributed by atoms with Crippen LogP contribution in [0.2, 0.25) is 0 Å². The summed E-state index contributed by atoms with van der Waals surface area (Å²) >= 11 is 0. The van der Waals surface area contributed by atoms with Crippen LogP contribution in [0.1, 0.15) is 24.4 Å². The van der Waals surface area contributed by atoms with Crippen LogP contribution >= 0.6 is 0 Å². The topological polar surface area (TPSA) is 41.0 Å². The molecule has 1 N–H and O–H groups in total. The van der Waals surface area contributed by atoms with Crippen LogP contribution in [-0.4, -0.2) is 34.1 Å². The molecule has 1 aliphatic rings. The molecule has 3 aromatic rings. The van der Waals surface area contributed by atoms with Crippen molar-refractivity contribution in [2.24, 2.45) is 0 Å². The summed E-state index contributed by atoms with van der Waals surface area (Å²) in [6.07, 6.45) is 2.88. The first-order chi connectivity index (χ1) is 12.2. The zero-order valence-electron chi connectivity index (χ0n) is 14.1. The summed E-state index contributed by atoms with van der Waals surface area (Å²) in [5.74, 6) is -0.186. The number of H-pyrrole nitrogens is 1. The summed E-state index contributed by atoms with van der Waals surface area (Å²) in [5.41, 5.74) is 3.06. The summed E-state index contributed by atoms with van der Waals surface area (Å²) in [4.78, 5) is 17.7. The van der Waals surface area contributed by atoms with Crippen molar-refractivity contribution in [1.29, 1.82) is 0 Å². The number of benzene rings is 2. The van der Waals surface area contributed by atoms with E-state index in [1.807, 2.05) is 41.0 Å². The summed E-state index contributed by atoms with van der Waals surface area (Å²) < 4.78 is 14.9. The monoisotopic (exact) mass is 339 g/mol. The normalized spacial score (nSPS) is 16.5. The number of nitrogens with one attached hydrogen (secondary N) is 1. The Kier molecular flexibility index (Phi) is 4.40. The number of fused-ring (bicyclic) bond motifs is 1. The molecule has 0 saturated carbocycles. The number of nitrogens with zero attached hydrogens (tertiary/aromatic N) is 2. The highest BCUT2D eigenvalue weighted by Gasteiger charge is 2.23. The lowest BCUT2D eigenvalue weighted by atomic mass is 10.0. The van der Waals surface area contributed by atoms with Gasteiger partial charge < -0.3 is 9.88 Å². The molecule has 25 heavy (non-hydrogen) atoms. The third kappa shape index (κ3) is 3.37. The molecule has 4 nitrogen and oxygen atoms in total. The van der Waals surface area contributed by atoms with Crippen LogP contribution in [0.25, 0.3) is 11.0 Å². The molecule has 0 bridgehead atoms. The SMILES string of the molecule is O=c1[nH]c2ccccc2n1C1CCN(CCc2ccc(F)cc2)CC1. The highest BCUT2D eigenvalue weighted by atomic mass is 19.1. The first-order valence-electron chi connectivity index (χ1n) is 8.87. The van der Waals surface area contributed by atoms with Crippen LogP contribution in [0.15, 0.2) is 53.3 Å². The molecule has 1 saturated heterocycles. The van der Waals surface area contributed by atoms with Crippen LogP contribution in [0.5, 0.6) is 0 Å². The van der Waals surface area contributed by atoms with Crippen LogP contribution in [0.4, 0.5) is 4.39 Å². The fourth-order valence-electron chi connectivity index (χ4n) is 3.78. The van der Waals surface area contributed by atoms with Crippen molar-refractivity contribution in [3.05, 3.63) is 70.4 Å². The molecular weight excluding hydrogens is 317 g/mol. The number of imidazole rings is 1. The van der Waals surface area contributed by atoms with Crippen LogP contribution in [0.3, 0.4) is 0 Å². The summed E-state index contributed by atoms with van der Waals surface area (Å²) in [6.45, 7) is 2.94. The Bertz CT molecular complexity index is 905. The molecule has 1 aliphatic heterocycles. The Morgan fingerprint density at radius 2 is 1.76 bits per heavy atom. The van der Waals surface area contributed by atoms with Crippen LogP contribution in [0, 0.1) is 5.82 Å². The Balaban J connectivity index is 1.38. The first-order valence-corrected chi connectivity index (χ1v) is 8.87. The minimum Gasteiger partial charge on any atom is -0.306 e. The van der Waals surface area contributed by atoms with Gasteiger partial charge in [0, 0.05) is 25.7 Å². The number of hydrogen-bond acceptors (Lipinski definition) is 2. The van der Waals surface area contributed by atoms with Crippen LogP contribution < -0.4 is 5.69 Å². The minimum atomic E-state index is -0.186. The molecular formula is C20H22FN3O. The van der Waals surface area contributed by atoms with Crippen molar-refractivity contribution in [1.82, 2.24) is 14.5 Å². The number of rotatable bonds is 4. The maximum atomic E-state index is 13.0. The second kappa shape index (κ2) is 6.84. The van der Waals surface area contributed by atoms with Gasteiger partial charge >= 0.3 is 5.69 Å². The number of halogens is 1. The quantitative estimate of drug-likeness (QED) is 0.792. The minimum absolute atomic E-state index is 0.00837. The number of aromatic amines is 1. The van der Waals surface area contributed by atoms with Gasteiger partial charge in [-0.05, 0) is 49.1 Å². The largest absolute Gasteiger partial charge is 0.326 e. The van der Waals surface area contributed by atoms with Gasteiger partial charge in [0.15, 0.2) is 0 Å². The summed E-state index contributed by atoms with van der Waals surface area (Å²) in [7, 11) is 0. The van der Waals surface area contributed by atoms with E-state index in [4.69, 9.17) is 0 Å². The molecule has 4 rings (SSSR count). The van der Waals surface area contributed by atoms with E-state index in [1.165, 1.54) is 12.1 Å². The maximum Gasteiger partial charge on any atom is 0.326 e. The van der Waals surface area contributed by atoms with Crippen molar-refractivity contribution in [2.75, 3.05) is 19.6 Å². The van der Waals surface area contributed by atoms with E-state index in [-0.39, 0.29) is 17.5 Å². The molecule has 0 atom stereocenters. The molecule has 0 spiro atoms. The second-order valence-electron chi connectivity index (χ2n) is 6.77. The van der Waals surface area contributed by atoms with E-state index in [0.717, 1.165) is 55.5 Å². The highest BCUT2D eigenvalue weighted by molar-refractivity contribution is 5.75. The molecule has 1 aromatic heterocycles. The van der Waals surface area contributed by atoms with Gasteiger partial charge in [0.2, 0.25) is 0 Å². The molecule has 0 aliphatic carbocycles. The van der Waals surface area contributed by atoms with E-state index in [0.29, 0.717) is 0 Å². The number of hydrogen-bond donors (Lipinski definition) is 1. The highest BCUT2D eigenvalue weighted by Crippen LogP contribution is 2.24. The van der Waals surface area contributed by atoms with Crippen molar-refractivity contribution in [3.8, 4) is 0 Å². The Morgan fingerprint density at radius 3 is 2.52 bits per heavy atom. The number of para-hydroxylation sites is 2. The lowest BCUT2D eigenvalue weighted by Gasteiger charge is -2.32. The van der Waals surface area contributed by atoms with Gasteiger partial charge in [0.05, 0.1) is 11.0 Å². The van der Waals surface area contributed by atoms with Crippen molar-refractivity contribution in [2.45, 2.75) is 25.3 Å². The van der Waals surface area contributed by atoms with Gasteiger partial charge in [-0.15, -0.1) is 0 Å². The van der Waals surface area contributed by atoms with E-state index >= 15 is 0 Å². The lowest BCUT2D eigenvalue weighted by molar-refractivity contribution is 0.188. The number of likely N-dealkylation sites (tertiary alicyclic amines) is 1. The molecule has 0 unspecified atom stereocenters. The van der Waals surface area contributed by atoms with Gasteiger partial charge in [-0.25, -0.2) is 9.18 Å². The average Bonchev–Trinajstić information content (AvgIpc) is 2.97. The average molecular weight is 339 g/mol. The van der Waals surface area contributed by atoms with E-state index in [1.54, 1.807) is 0 Å². The van der Waals surface area contributed by atoms with Gasteiger partial charge in [0.1, 0.15) is 5.82 Å². The van der Waals surface area contributed by atoms with Gasteiger partial charge in [-0.3, -0.25) is 4.57 Å². The maximum absolute atomic E-state index is 13.0. The van der Waals surface area contributed by atoms with Crippen LogP contribution in [-0.2, 0) is 6.42 Å². The van der Waals surface area contributed by atoms with Gasteiger partial charge in [-0.2, -0.15) is 0 Å². The smallest absolute Gasteiger partial charge is 0.306 e. The Hall–Kier alpha value is -2.40. The van der Waals surface area contributed by atoms with E-state index in [9.17, 15) is 9.18 Å². The molecule has 0 amide bonds. The summed E-state index contributed by atoms with van der Waals surface area (Å²) in [6, 6.07) is 14.9. The van der Waals surface area contributed by atoms with E-state index in [2.05, 4.69) is 9.88 Å². The summed E-state index contributed by atoms with van der Waals surface area (Å²) in [5, 5.41) is 0. The van der Waals surface area contributed by atoms with Crippen molar-refractivity contribution in [3.63, 3.8) is 0 Å². The fraction of sp³-hybridized carbons (Fsp3) is 0.350. The zero-order valence-corrected chi connectivity index (χ0v) is 14.1. The standard InChI is InChI=1S/C20H22FN3O/c21-16-7-5-15(6-8-16)9-12-23-13-10-17(11-14-23)24-19-4-2-1-3-18(19)22-20(24)25/h1-8,17H,9-14H2,(H,22,25). The zero-order chi connectivity index (χ0) is 17.2. The first kappa shape index (κ1) is 16.1. The number of aromatic nitrogens is 2. The molecule has 1 fully saturated rings. The third-order valence-corrected chi connectivity index (χ3v) is 5.18. The molecule has 2 heterocycles. The Labute approximate surface area is 145 Å². The lowest BCUT2D eigenvalue weighted by Crippen LogP contribution is -2.37. The predicted molar refractivity (Wildman–Crippen MR) is 97.4 cm³/mol. The van der Waals surface area contributed by atoms with Crippen molar-refractivity contribution < 1.29 is 4.39 Å². The van der Waals surface area contributed by atoms with Gasteiger partial charge in [-0.1, -0.05) is 24.3 Å². The second-order valence-corrected chi connectivity index (χ2v) is 6.77. The third-order valence-electron chi connectivity index (χ3n) is 5.18. The predicted octanol–water partition coefficient (Wildman–Crippen LogP) is 3.35. The van der Waals surface area contributed by atoms with Gasteiger partial charge in [0.25, 0.3) is 0 Å². The number of piperidine rings is 1. The molecule has 2 aromatic carbocycles. The fourth-order valence-corrected chi connectivity index (χ4v) is 3.78. The van der Waals surface area contributed by atoms with E-state index < -0.39 is 0 Å². The van der Waals surface area contributed by atoms with Crippen molar-refractivity contribution >= 4 is 11.0 Å².